The molecule has 5 heteroatoms. The first-order valence-electron chi connectivity index (χ1n) is 6.84. The number of nitrogens with zero attached hydrogens (tertiary/aromatic N) is 1. The third-order valence-electron chi connectivity index (χ3n) is 3.48. The lowest BCUT2D eigenvalue weighted by Crippen LogP contribution is -2.37. The fourth-order valence-corrected chi connectivity index (χ4v) is 3.85. The molecule has 0 spiro atoms. The molecule has 2 N–H and O–H groups in total. The Labute approximate surface area is 138 Å². The summed E-state index contributed by atoms with van der Waals surface area (Å²) >= 11 is 5.22. The highest BCUT2D eigenvalue weighted by Gasteiger charge is 2.24. The summed E-state index contributed by atoms with van der Waals surface area (Å²) in [6, 6.07) is 10.4. The summed E-state index contributed by atoms with van der Waals surface area (Å²) in [5, 5.41) is 2.17. The van der Waals surface area contributed by atoms with Crippen LogP contribution in [0.5, 0.6) is 5.75 Å². The molecule has 2 aromatic rings. The molecule has 0 radical (unpaired) electrons. The van der Waals surface area contributed by atoms with E-state index in [1.807, 2.05) is 25.1 Å². The van der Waals surface area contributed by atoms with Crippen LogP contribution in [0.15, 0.2) is 39.5 Å². The first-order chi connectivity index (χ1) is 10.0. The number of methoxy groups -OCH3 is 1. The van der Waals surface area contributed by atoms with E-state index in [9.17, 15) is 0 Å². The second-order valence-electron chi connectivity index (χ2n) is 5.22. The van der Waals surface area contributed by atoms with Crippen molar-refractivity contribution < 1.29 is 4.74 Å². The predicted molar refractivity (Wildman–Crippen MR) is 92.9 cm³/mol. The van der Waals surface area contributed by atoms with Crippen molar-refractivity contribution in [2.75, 3.05) is 14.2 Å². The molecule has 1 aromatic heterocycles. The third-order valence-corrected chi connectivity index (χ3v) is 5.04. The summed E-state index contributed by atoms with van der Waals surface area (Å²) in [7, 11) is 3.80. The number of halogens is 1. The molecule has 0 aliphatic carbocycles. The van der Waals surface area contributed by atoms with E-state index < -0.39 is 0 Å². The lowest BCUT2D eigenvalue weighted by molar-refractivity contribution is 0.206. The predicted octanol–water partition coefficient (Wildman–Crippen LogP) is 4.04. The zero-order chi connectivity index (χ0) is 15.4. The van der Waals surface area contributed by atoms with E-state index in [0.717, 1.165) is 21.6 Å². The molecule has 0 saturated heterocycles. The highest BCUT2D eigenvalue weighted by atomic mass is 79.9. The number of likely N-dealkylation sites (N-methyl/N-ethyl adjacent to an activating group) is 1. The Balaban J connectivity index is 2.25. The monoisotopic (exact) mass is 368 g/mol. The lowest BCUT2D eigenvalue weighted by atomic mass is 9.98. The summed E-state index contributed by atoms with van der Waals surface area (Å²) in [5.41, 5.74) is 8.67. The Morgan fingerprint density at radius 1 is 1.38 bits per heavy atom. The number of hydrogen-bond donors (Lipinski definition) is 1. The topological polar surface area (TPSA) is 38.5 Å². The number of thiophene rings is 1. The molecule has 114 valence electrons. The number of hydrogen-bond acceptors (Lipinski definition) is 4. The summed E-state index contributed by atoms with van der Waals surface area (Å²) in [4.78, 5) is 2.27. The molecule has 0 fully saturated rings. The Kier molecular flexibility index (Phi) is 5.81. The van der Waals surface area contributed by atoms with Crippen molar-refractivity contribution in [1.82, 2.24) is 4.90 Å². The van der Waals surface area contributed by atoms with Gasteiger partial charge < -0.3 is 10.5 Å². The largest absolute Gasteiger partial charge is 0.496 e. The zero-order valence-electron chi connectivity index (χ0n) is 12.5. The Bertz CT molecular complexity index is 585. The quantitative estimate of drug-likeness (QED) is 0.835. The fourth-order valence-electron chi connectivity index (χ4n) is 2.65. The average molecular weight is 369 g/mol. The maximum atomic E-state index is 6.25. The Morgan fingerprint density at radius 2 is 2.10 bits per heavy atom. The second kappa shape index (κ2) is 7.40. The number of benzene rings is 1. The van der Waals surface area contributed by atoms with Crippen molar-refractivity contribution in [3.63, 3.8) is 0 Å². The van der Waals surface area contributed by atoms with Crippen LogP contribution in [-0.2, 0) is 6.54 Å². The van der Waals surface area contributed by atoms with Gasteiger partial charge in [0.25, 0.3) is 0 Å². The third kappa shape index (κ3) is 4.07. The van der Waals surface area contributed by atoms with Crippen LogP contribution in [0.25, 0.3) is 0 Å². The molecular formula is C16H21BrN2OS. The SMILES string of the molecule is COc1ccccc1C(C(C)N)N(C)Cc1csc(Br)c1. The van der Waals surface area contributed by atoms with Gasteiger partial charge in [-0.25, -0.2) is 0 Å². The highest BCUT2D eigenvalue weighted by molar-refractivity contribution is 9.11. The van der Waals surface area contributed by atoms with Gasteiger partial charge in [0, 0.05) is 18.2 Å². The second-order valence-corrected chi connectivity index (χ2v) is 7.51. The summed E-state index contributed by atoms with van der Waals surface area (Å²) in [6.45, 7) is 2.89. The van der Waals surface area contributed by atoms with Gasteiger partial charge in [0.2, 0.25) is 0 Å². The van der Waals surface area contributed by atoms with Crippen molar-refractivity contribution in [3.05, 3.63) is 50.6 Å². The van der Waals surface area contributed by atoms with E-state index in [-0.39, 0.29) is 12.1 Å². The van der Waals surface area contributed by atoms with Crippen LogP contribution < -0.4 is 10.5 Å². The summed E-state index contributed by atoms with van der Waals surface area (Å²) in [5.74, 6) is 0.887. The zero-order valence-corrected chi connectivity index (χ0v) is 14.9. The number of nitrogens with two attached hydrogens (primary N) is 1. The van der Waals surface area contributed by atoms with Crippen molar-refractivity contribution in [2.45, 2.75) is 25.6 Å². The number of rotatable bonds is 6. The Morgan fingerprint density at radius 3 is 2.67 bits per heavy atom. The highest BCUT2D eigenvalue weighted by Crippen LogP contribution is 2.32. The average Bonchev–Trinajstić information content (AvgIpc) is 2.84. The van der Waals surface area contributed by atoms with E-state index in [1.54, 1.807) is 18.4 Å². The van der Waals surface area contributed by atoms with E-state index in [4.69, 9.17) is 10.5 Å². The molecule has 1 aromatic carbocycles. The van der Waals surface area contributed by atoms with Gasteiger partial charge in [0.05, 0.1) is 16.9 Å². The molecule has 2 unspecified atom stereocenters. The first-order valence-corrected chi connectivity index (χ1v) is 8.52. The number of para-hydroxylation sites is 1. The fraction of sp³-hybridized carbons (Fsp3) is 0.375. The van der Waals surface area contributed by atoms with Gasteiger partial charge >= 0.3 is 0 Å². The van der Waals surface area contributed by atoms with Crippen molar-refractivity contribution in [3.8, 4) is 5.75 Å². The van der Waals surface area contributed by atoms with Crippen LogP contribution in [0, 0.1) is 0 Å². The maximum Gasteiger partial charge on any atom is 0.123 e. The van der Waals surface area contributed by atoms with E-state index >= 15 is 0 Å². The lowest BCUT2D eigenvalue weighted by Gasteiger charge is -2.32. The molecule has 0 aliphatic rings. The van der Waals surface area contributed by atoms with E-state index in [0.29, 0.717) is 0 Å². The molecule has 0 bridgehead atoms. The minimum Gasteiger partial charge on any atom is -0.496 e. The molecule has 2 rings (SSSR count). The van der Waals surface area contributed by atoms with Gasteiger partial charge in [-0.2, -0.15) is 0 Å². The van der Waals surface area contributed by atoms with Crippen molar-refractivity contribution in [1.29, 1.82) is 0 Å². The minimum atomic E-state index is 0.00776. The molecule has 3 nitrogen and oxygen atoms in total. The molecular weight excluding hydrogens is 348 g/mol. The molecule has 1 heterocycles. The van der Waals surface area contributed by atoms with Gasteiger partial charge in [0.15, 0.2) is 0 Å². The molecule has 2 atom stereocenters. The van der Waals surface area contributed by atoms with Gasteiger partial charge in [-0.05, 0) is 53.0 Å². The minimum absolute atomic E-state index is 0.00776. The normalized spacial score (nSPS) is 14.2. The van der Waals surface area contributed by atoms with Gasteiger partial charge in [-0.3, -0.25) is 4.90 Å². The van der Waals surface area contributed by atoms with Crippen molar-refractivity contribution >= 4 is 27.3 Å². The van der Waals surface area contributed by atoms with Crippen molar-refractivity contribution in [2.24, 2.45) is 5.73 Å². The Hall–Kier alpha value is -0.880. The molecule has 0 aliphatic heterocycles. The van der Waals surface area contributed by atoms with E-state index in [2.05, 4.69) is 45.4 Å². The van der Waals surface area contributed by atoms with Crippen LogP contribution >= 0.6 is 27.3 Å². The molecule has 21 heavy (non-hydrogen) atoms. The number of ether oxygens (including phenoxy) is 1. The van der Waals surface area contributed by atoms with Gasteiger partial charge in [-0.1, -0.05) is 18.2 Å². The van der Waals surface area contributed by atoms with Crippen LogP contribution in [0.3, 0.4) is 0 Å². The van der Waals surface area contributed by atoms with Gasteiger partial charge in [0.1, 0.15) is 5.75 Å². The standard InChI is InChI=1S/C16H21BrN2OS/c1-11(18)16(13-6-4-5-7-14(13)20-3)19(2)9-12-8-15(17)21-10-12/h4-8,10-11,16H,9,18H2,1-3H3. The maximum absolute atomic E-state index is 6.25. The van der Waals surface area contributed by atoms with E-state index in [1.165, 1.54) is 5.56 Å². The van der Waals surface area contributed by atoms with Crippen LogP contribution in [0.2, 0.25) is 0 Å². The summed E-state index contributed by atoms with van der Waals surface area (Å²) < 4.78 is 6.65. The smallest absolute Gasteiger partial charge is 0.123 e. The van der Waals surface area contributed by atoms with Gasteiger partial charge in [-0.15, -0.1) is 11.3 Å². The summed E-state index contributed by atoms with van der Waals surface area (Å²) in [6.07, 6.45) is 0. The van der Waals surface area contributed by atoms with Crippen LogP contribution in [0.4, 0.5) is 0 Å². The molecule has 0 amide bonds. The first kappa shape index (κ1) is 16.5. The molecule has 0 saturated carbocycles. The van der Waals surface area contributed by atoms with Crippen LogP contribution in [0.1, 0.15) is 24.1 Å². The van der Waals surface area contributed by atoms with Crippen LogP contribution in [-0.4, -0.2) is 25.1 Å².